The van der Waals surface area contributed by atoms with Crippen molar-refractivity contribution in [2.45, 2.75) is 64.2 Å². The quantitative estimate of drug-likeness (QED) is 0.687. The highest BCUT2D eigenvalue weighted by molar-refractivity contribution is 5.37. The van der Waals surface area contributed by atoms with Crippen LogP contribution in [0.5, 0.6) is 0 Å². The molecule has 1 aliphatic carbocycles. The van der Waals surface area contributed by atoms with Gasteiger partial charge in [0.1, 0.15) is 5.82 Å². The smallest absolute Gasteiger partial charge is 0.123 e. The zero-order valence-electron chi connectivity index (χ0n) is 11.1. The van der Waals surface area contributed by atoms with Crippen molar-refractivity contribution in [2.75, 3.05) is 0 Å². The summed E-state index contributed by atoms with van der Waals surface area (Å²) in [5.41, 5.74) is 3.04. The third-order valence-electron chi connectivity index (χ3n) is 4.20. The molecule has 0 atom stereocenters. The van der Waals surface area contributed by atoms with Crippen LogP contribution in [0.2, 0.25) is 0 Å². The number of halogens is 1. The van der Waals surface area contributed by atoms with Gasteiger partial charge >= 0.3 is 0 Å². The molecule has 0 unspecified atom stereocenters. The van der Waals surface area contributed by atoms with E-state index < -0.39 is 0 Å². The molecular weight excluding hydrogens is 211 g/mol. The molecule has 0 nitrogen and oxygen atoms in total. The maximum absolute atomic E-state index is 13.3. The highest BCUT2D eigenvalue weighted by atomic mass is 19.1. The maximum atomic E-state index is 13.3. The Kier molecular flexibility index (Phi) is 3.86. The topological polar surface area (TPSA) is 0 Å². The minimum absolute atomic E-state index is 0.0763. The van der Waals surface area contributed by atoms with Crippen molar-refractivity contribution in [3.8, 4) is 0 Å². The largest absolute Gasteiger partial charge is 0.207 e. The third-order valence-corrected chi connectivity index (χ3v) is 4.20. The molecule has 2 rings (SSSR count). The van der Waals surface area contributed by atoms with Crippen molar-refractivity contribution in [3.63, 3.8) is 0 Å². The van der Waals surface area contributed by atoms with E-state index in [2.05, 4.69) is 19.9 Å². The summed E-state index contributed by atoms with van der Waals surface area (Å²) < 4.78 is 13.3. The van der Waals surface area contributed by atoms with Gasteiger partial charge in [0, 0.05) is 0 Å². The second kappa shape index (κ2) is 5.20. The van der Waals surface area contributed by atoms with Crippen LogP contribution in [0.3, 0.4) is 0 Å². The summed E-state index contributed by atoms with van der Waals surface area (Å²) in [6, 6.07) is 5.45. The summed E-state index contributed by atoms with van der Waals surface area (Å²) in [4.78, 5) is 0. The van der Waals surface area contributed by atoms with Gasteiger partial charge in [-0.2, -0.15) is 0 Å². The van der Waals surface area contributed by atoms with Crippen molar-refractivity contribution in [2.24, 2.45) is 0 Å². The second-order valence-corrected chi connectivity index (χ2v) is 5.44. The molecule has 17 heavy (non-hydrogen) atoms. The van der Waals surface area contributed by atoms with Crippen LogP contribution in [0.15, 0.2) is 18.2 Å². The first-order valence-corrected chi connectivity index (χ1v) is 7.01. The number of hydrogen-bond donors (Lipinski definition) is 0. The molecule has 0 heterocycles. The van der Waals surface area contributed by atoms with Gasteiger partial charge in [-0.15, -0.1) is 0 Å². The molecule has 1 aromatic rings. The number of fused-ring (bicyclic) bond motifs is 1. The molecule has 0 N–H and O–H groups in total. The summed E-state index contributed by atoms with van der Waals surface area (Å²) >= 11 is 0. The molecule has 0 saturated carbocycles. The molecule has 0 aliphatic heterocycles. The van der Waals surface area contributed by atoms with Crippen LogP contribution in [-0.2, 0) is 11.8 Å². The van der Waals surface area contributed by atoms with Crippen LogP contribution < -0.4 is 0 Å². The Balaban J connectivity index is 2.42. The molecule has 1 heteroatoms. The predicted octanol–water partition coefficient (Wildman–Crippen LogP) is 5.00. The molecule has 1 aliphatic rings. The molecule has 0 radical (unpaired) electrons. The summed E-state index contributed by atoms with van der Waals surface area (Å²) in [7, 11) is 0. The summed E-state index contributed by atoms with van der Waals surface area (Å²) in [6.45, 7) is 4.52. The van der Waals surface area contributed by atoms with Crippen molar-refractivity contribution in [1.82, 2.24) is 0 Å². The fourth-order valence-electron chi connectivity index (χ4n) is 3.64. The molecule has 94 valence electrons. The minimum atomic E-state index is -0.0763. The lowest BCUT2D eigenvalue weighted by Gasteiger charge is -2.39. The third kappa shape index (κ3) is 2.38. The molecule has 1 aromatic carbocycles. The molecule has 0 fully saturated rings. The van der Waals surface area contributed by atoms with E-state index >= 15 is 0 Å². The first-order chi connectivity index (χ1) is 8.22. The van der Waals surface area contributed by atoms with Crippen LogP contribution in [0.1, 0.15) is 63.5 Å². The van der Waals surface area contributed by atoms with Gasteiger partial charge in [0.05, 0.1) is 0 Å². The number of rotatable bonds is 4. The van der Waals surface area contributed by atoms with Crippen molar-refractivity contribution in [1.29, 1.82) is 0 Å². The van der Waals surface area contributed by atoms with Crippen LogP contribution >= 0.6 is 0 Å². The maximum Gasteiger partial charge on any atom is 0.123 e. The predicted molar refractivity (Wildman–Crippen MR) is 70.8 cm³/mol. The number of hydrogen-bond acceptors (Lipinski definition) is 0. The summed E-state index contributed by atoms with van der Waals surface area (Å²) in [6.07, 6.45) is 8.50. The molecule has 0 saturated heterocycles. The first-order valence-electron chi connectivity index (χ1n) is 7.01. The van der Waals surface area contributed by atoms with Crippen molar-refractivity contribution < 1.29 is 4.39 Å². The van der Waals surface area contributed by atoms with E-state index in [1.165, 1.54) is 49.7 Å². The van der Waals surface area contributed by atoms with Crippen LogP contribution in [0, 0.1) is 5.82 Å². The lowest BCUT2D eigenvalue weighted by atomic mass is 9.65. The summed E-state index contributed by atoms with van der Waals surface area (Å²) in [5, 5.41) is 0. The van der Waals surface area contributed by atoms with Crippen LogP contribution in [0.4, 0.5) is 4.39 Å². The lowest BCUT2D eigenvalue weighted by Crippen LogP contribution is -2.31. The Hall–Kier alpha value is -0.850. The van der Waals surface area contributed by atoms with E-state index in [-0.39, 0.29) is 5.82 Å². The Morgan fingerprint density at radius 2 is 1.88 bits per heavy atom. The number of aryl methyl sites for hydroxylation is 1. The van der Waals surface area contributed by atoms with Crippen molar-refractivity contribution in [3.05, 3.63) is 35.1 Å². The van der Waals surface area contributed by atoms with E-state index in [0.717, 1.165) is 6.42 Å². The fraction of sp³-hybridized carbons (Fsp3) is 0.625. The Morgan fingerprint density at radius 1 is 1.18 bits per heavy atom. The lowest BCUT2D eigenvalue weighted by molar-refractivity contribution is 0.304. The minimum Gasteiger partial charge on any atom is -0.207 e. The number of benzene rings is 1. The second-order valence-electron chi connectivity index (χ2n) is 5.44. The fourth-order valence-corrected chi connectivity index (χ4v) is 3.64. The first kappa shape index (κ1) is 12.6. The average Bonchev–Trinajstić information content (AvgIpc) is 2.29. The molecular formula is C16H23F. The monoisotopic (exact) mass is 234 g/mol. The van der Waals surface area contributed by atoms with E-state index in [1.807, 2.05) is 0 Å². The van der Waals surface area contributed by atoms with Gasteiger partial charge in [-0.1, -0.05) is 32.8 Å². The average molecular weight is 234 g/mol. The van der Waals surface area contributed by atoms with E-state index in [9.17, 15) is 4.39 Å². The highest BCUT2D eigenvalue weighted by Crippen LogP contribution is 2.44. The van der Waals surface area contributed by atoms with Gasteiger partial charge in [0.15, 0.2) is 0 Å². The van der Waals surface area contributed by atoms with Gasteiger partial charge in [-0.3, -0.25) is 0 Å². The molecule has 0 spiro atoms. The van der Waals surface area contributed by atoms with E-state index in [4.69, 9.17) is 0 Å². The van der Waals surface area contributed by atoms with Crippen LogP contribution in [0.25, 0.3) is 0 Å². The summed E-state index contributed by atoms with van der Waals surface area (Å²) in [5.74, 6) is -0.0763. The van der Waals surface area contributed by atoms with Gasteiger partial charge in [-0.05, 0) is 60.8 Å². The van der Waals surface area contributed by atoms with Gasteiger partial charge < -0.3 is 0 Å². The van der Waals surface area contributed by atoms with Gasteiger partial charge in [-0.25, -0.2) is 4.39 Å². The van der Waals surface area contributed by atoms with Crippen LogP contribution in [-0.4, -0.2) is 0 Å². The molecule has 0 bridgehead atoms. The molecule has 0 amide bonds. The highest BCUT2D eigenvalue weighted by Gasteiger charge is 2.34. The van der Waals surface area contributed by atoms with Gasteiger partial charge in [0.25, 0.3) is 0 Å². The SMILES string of the molecule is CCCC1(CCC)CCCc2cc(F)ccc21. The Bertz CT molecular complexity index is 375. The zero-order chi connectivity index (χ0) is 12.3. The van der Waals surface area contributed by atoms with E-state index in [0.29, 0.717) is 5.41 Å². The Morgan fingerprint density at radius 3 is 2.53 bits per heavy atom. The van der Waals surface area contributed by atoms with Gasteiger partial charge in [0.2, 0.25) is 0 Å². The standard InChI is InChI=1S/C16H23F/c1-3-9-16(10-4-2)11-5-6-13-12-14(17)7-8-15(13)16/h7-8,12H,3-6,9-11H2,1-2H3. The molecule has 0 aromatic heterocycles. The van der Waals surface area contributed by atoms with Crippen molar-refractivity contribution >= 4 is 0 Å². The van der Waals surface area contributed by atoms with E-state index in [1.54, 1.807) is 12.1 Å². The normalized spacial score (nSPS) is 17.8. The zero-order valence-corrected chi connectivity index (χ0v) is 11.1. The Labute approximate surface area is 104 Å².